The molecule has 4 rings (SSSR count). The monoisotopic (exact) mass is 364 g/mol. The molecule has 1 aromatic carbocycles. The first kappa shape index (κ1) is 17.7. The maximum atomic E-state index is 12.8. The van der Waals surface area contributed by atoms with Crippen LogP contribution in [-0.4, -0.2) is 54.0 Å². The average Bonchev–Trinajstić information content (AvgIpc) is 2.97. The number of aliphatic hydroxyl groups is 1. The lowest BCUT2D eigenvalue weighted by Gasteiger charge is -2.27. The summed E-state index contributed by atoms with van der Waals surface area (Å²) in [5.41, 5.74) is 7.22. The highest BCUT2D eigenvalue weighted by Gasteiger charge is 2.24. The molecule has 27 heavy (non-hydrogen) atoms. The van der Waals surface area contributed by atoms with Gasteiger partial charge in [-0.1, -0.05) is 36.4 Å². The third-order valence-electron chi connectivity index (χ3n) is 5.06. The van der Waals surface area contributed by atoms with Gasteiger partial charge in [-0.25, -0.2) is 0 Å². The molecule has 0 radical (unpaired) electrons. The molecular weight excluding hydrogens is 340 g/mol. The van der Waals surface area contributed by atoms with Crippen LogP contribution in [0.2, 0.25) is 0 Å². The van der Waals surface area contributed by atoms with E-state index in [1.807, 2.05) is 41.3 Å². The standard InChI is InChI=1S/C21H24N4O2/c26-20-18-8-3-1-2-7-17(18)19(23-24-20)14-15-5-4-6-16(13-15)21(27)25-11-9-22-10-12-25/h1,3-8,13,20,22,24,26H,2,9-12,14H2. The Bertz CT molecular complexity index is 847. The highest BCUT2D eigenvalue weighted by molar-refractivity contribution is 6.06. The van der Waals surface area contributed by atoms with Gasteiger partial charge in [-0.05, 0) is 24.1 Å². The van der Waals surface area contributed by atoms with E-state index in [1.54, 1.807) is 0 Å². The summed E-state index contributed by atoms with van der Waals surface area (Å²) in [5, 5.41) is 17.8. The van der Waals surface area contributed by atoms with Gasteiger partial charge in [-0.2, -0.15) is 5.10 Å². The van der Waals surface area contributed by atoms with E-state index in [2.05, 4.69) is 28.0 Å². The number of carbonyl (C=O) groups is 1. The number of aliphatic hydroxyl groups excluding tert-OH is 1. The van der Waals surface area contributed by atoms with Crippen molar-refractivity contribution in [2.75, 3.05) is 26.2 Å². The molecule has 0 aromatic heterocycles. The normalized spacial score (nSPS) is 22.0. The summed E-state index contributed by atoms with van der Waals surface area (Å²) >= 11 is 0. The molecule has 1 atom stereocenters. The number of allylic oxidation sites excluding steroid dienone is 4. The zero-order chi connectivity index (χ0) is 18.6. The molecule has 3 N–H and O–H groups in total. The van der Waals surface area contributed by atoms with Gasteiger partial charge < -0.3 is 15.3 Å². The summed E-state index contributed by atoms with van der Waals surface area (Å²) in [6.07, 6.45) is 8.65. The number of hydrogen-bond acceptors (Lipinski definition) is 5. The number of benzene rings is 1. The van der Waals surface area contributed by atoms with Crippen LogP contribution in [-0.2, 0) is 6.42 Å². The number of rotatable bonds is 3. The van der Waals surface area contributed by atoms with Crippen LogP contribution in [0.15, 0.2) is 64.8 Å². The van der Waals surface area contributed by atoms with Gasteiger partial charge in [0.15, 0.2) is 6.23 Å². The Labute approximate surface area is 159 Å². The Morgan fingerprint density at radius 3 is 3.00 bits per heavy atom. The van der Waals surface area contributed by atoms with E-state index in [9.17, 15) is 9.90 Å². The number of fused-ring (bicyclic) bond motifs is 1. The summed E-state index contributed by atoms with van der Waals surface area (Å²) in [7, 11) is 0. The topological polar surface area (TPSA) is 77.0 Å². The lowest BCUT2D eigenvalue weighted by Crippen LogP contribution is -2.46. The van der Waals surface area contributed by atoms with Crippen molar-refractivity contribution in [2.24, 2.45) is 5.10 Å². The van der Waals surface area contributed by atoms with Crippen molar-refractivity contribution in [3.8, 4) is 0 Å². The fourth-order valence-corrected chi connectivity index (χ4v) is 3.63. The lowest BCUT2D eigenvalue weighted by atomic mass is 9.93. The number of hydrazone groups is 1. The molecule has 1 saturated heterocycles. The second-order valence-corrected chi connectivity index (χ2v) is 6.91. The number of carbonyl (C=O) groups excluding carboxylic acids is 1. The minimum absolute atomic E-state index is 0.0796. The summed E-state index contributed by atoms with van der Waals surface area (Å²) in [6, 6.07) is 7.77. The van der Waals surface area contributed by atoms with Gasteiger partial charge in [0.05, 0.1) is 5.71 Å². The van der Waals surface area contributed by atoms with E-state index in [-0.39, 0.29) is 5.91 Å². The average molecular weight is 364 g/mol. The van der Waals surface area contributed by atoms with E-state index < -0.39 is 6.23 Å². The van der Waals surface area contributed by atoms with Gasteiger partial charge in [0.2, 0.25) is 0 Å². The maximum Gasteiger partial charge on any atom is 0.253 e. The van der Waals surface area contributed by atoms with Crippen LogP contribution in [0.4, 0.5) is 0 Å². The molecular formula is C21H24N4O2. The Balaban J connectivity index is 1.54. The molecule has 0 saturated carbocycles. The molecule has 1 amide bonds. The quantitative estimate of drug-likeness (QED) is 0.757. The maximum absolute atomic E-state index is 12.8. The molecule has 1 unspecified atom stereocenters. The Morgan fingerprint density at radius 1 is 1.30 bits per heavy atom. The van der Waals surface area contributed by atoms with Crippen molar-refractivity contribution < 1.29 is 9.90 Å². The van der Waals surface area contributed by atoms with Crippen LogP contribution in [0.1, 0.15) is 22.3 Å². The molecule has 3 aliphatic rings. The second-order valence-electron chi connectivity index (χ2n) is 6.91. The van der Waals surface area contributed by atoms with Crippen molar-refractivity contribution in [1.29, 1.82) is 0 Å². The van der Waals surface area contributed by atoms with E-state index in [4.69, 9.17) is 0 Å². The van der Waals surface area contributed by atoms with Gasteiger partial charge in [0.1, 0.15) is 0 Å². The molecule has 0 bridgehead atoms. The molecule has 1 aliphatic carbocycles. The SMILES string of the molecule is O=C(c1cccc(CC2=NNC(O)C3=CC=CCC=C32)c1)N1CCNCC1. The van der Waals surface area contributed by atoms with Crippen LogP contribution in [0.25, 0.3) is 0 Å². The van der Waals surface area contributed by atoms with Crippen molar-refractivity contribution in [3.63, 3.8) is 0 Å². The zero-order valence-electron chi connectivity index (χ0n) is 15.2. The van der Waals surface area contributed by atoms with Crippen molar-refractivity contribution in [2.45, 2.75) is 19.1 Å². The lowest BCUT2D eigenvalue weighted by molar-refractivity contribution is 0.0735. The van der Waals surface area contributed by atoms with Crippen molar-refractivity contribution in [3.05, 3.63) is 70.8 Å². The van der Waals surface area contributed by atoms with Gasteiger partial charge >= 0.3 is 0 Å². The minimum atomic E-state index is -0.789. The first-order valence-electron chi connectivity index (χ1n) is 9.39. The van der Waals surface area contributed by atoms with E-state index >= 15 is 0 Å². The van der Waals surface area contributed by atoms with Crippen LogP contribution < -0.4 is 10.7 Å². The summed E-state index contributed by atoms with van der Waals surface area (Å²) < 4.78 is 0. The summed E-state index contributed by atoms with van der Waals surface area (Å²) in [5.74, 6) is 0.0796. The van der Waals surface area contributed by atoms with Gasteiger partial charge in [-0.3, -0.25) is 10.2 Å². The van der Waals surface area contributed by atoms with E-state index in [0.717, 1.165) is 55.0 Å². The Morgan fingerprint density at radius 2 is 2.15 bits per heavy atom. The highest BCUT2D eigenvalue weighted by Crippen LogP contribution is 2.24. The number of hydrogen-bond donors (Lipinski definition) is 3. The fraction of sp³-hybridized carbons (Fsp3) is 0.333. The first-order chi connectivity index (χ1) is 13.2. The number of nitrogens with zero attached hydrogens (tertiary/aromatic N) is 2. The number of amides is 1. The third-order valence-corrected chi connectivity index (χ3v) is 5.06. The van der Waals surface area contributed by atoms with Crippen molar-refractivity contribution in [1.82, 2.24) is 15.6 Å². The highest BCUT2D eigenvalue weighted by atomic mass is 16.3. The third kappa shape index (κ3) is 3.86. The molecule has 140 valence electrons. The summed E-state index contributed by atoms with van der Waals surface area (Å²) in [6.45, 7) is 3.16. The van der Waals surface area contributed by atoms with E-state index in [0.29, 0.717) is 12.0 Å². The minimum Gasteiger partial charge on any atom is -0.368 e. The molecule has 0 spiro atoms. The van der Waals surface area contributed by atoms with Crippen LogP contribution in [0, 0.1) is 0 Å². The molecule has 2 heterocycles. The molecule has 2 aliphatic heterocycles. The summed E-state index contributed by atoms with van der Waals surface area (Å²) in [4.78, 5) is 14.6. The van der Waals surface area contributed by atoms with Gasteiger partial charge in [0, 0.05) is 49.3 Å². The zero-order valence-corrected chi connectivity index (χ0v) is 15.2. The van der Waals surface area contributed by atoms with E-state index in [1.165, 1.54) is 0 Å². The molecule has 1 aromatic rings. The fourth-order valence-electron chi connectivity index (χ4n) is 3.63. The van der Waals surface area contributed by atoms with Crippen LogP contribution in [0.5, 0.6) is 0 Å². The number of piperazine rings is 1. The molecule has 6 heteroatoms. The van der Waals surface area contributed by atoms with Gasteiger partial charge in [0.25, 0.3) is 5.91 Å². The second kappa shape index (κ2) is 7.90. The first-order valence-corrected chi connectivity index (χ1v) is 9.39. The predicted molar refractivity (Wildman–Crippen MR) is 105 cm³/mol. The Kier molecular flexibility index (Phi) is 5.18. The molecule has 6 nitrogen and oxygen atoms in total. The van der Waals surface area contributed by atoms with Crippen LogP contribution in [0.3, 0.4) is 0 Å². The predicted octanol–water partition coefficient (Wildman–Crippen LogP) is 1.36. The van der Waals surface area contributed by atoms with Crippen LogP contribution >= 0.6 is 0 Å². The molecule has 1 fully saturated rings. The van der Waals surface area contributed by atoms with Crippen molar-refractivity contribution >= 4 is 11.6 Å². The van der Waals surface area contributed by atoms with Gasteiger partial charge in [-0.15, -0.1) is 0 Å². The number of nitrogens with one attached hydrogen (secondary N) is 2. The smallest absolute Gasteiger partial charge is 0.253 e. The Hall–Kier alpha value is -2.70. The largest absolute Gasteiger partial charge is 0.368 e.